The molecule has 0 aliphatic carbocycles. The van der Waals surface area contributed by atoms with Gasteiger partial charge in [0, 0.05) is 26.0 Å². The summed E-state index contributed by atoms with van der Waals surface area (Å²) in [6.45, 7) is 23.8. The summed E-state index contributed by atoms with van der Waals surface area (Å²) in [5.74, 6) is 2.89. The van der Waals surface area contributed by atoms with E-state index in [-0.39, 0.29) is 10.8 Å². The number of aryl methyl sites for hydroxylation is 2. The van der Waals surface area contributed by atoms with Gasteiger partial charge in [0.05, 0.1) is 5.71 Å². The predicted molar refractivity (Wildman–Crippen MR) is 129 cm³/mol. The summed E-state index contributed by atoms with van der Waals surface area (Å²) < 4.78 is 9.83. The van der Waals surface area contributed by atoms with Crippen molar-refractivity contribution < 1.29 is 9.05 Å². The average molecular weight is 447 g/mol. The minimum absolute atomic E-state index is 0.221. The number of nitrogens with zero attached hydrogens (tertiary/aromatic N) is 6. The number of hydrogen-bond acceptors (Lipinski definition) is 8. The molecule has 0 unspecified atom stereocenters. The summed E-state index contributed by atoms with van der Waals surface area (Å²) in [7, 11) is 0. The topological polar surface area (TPSA) is 103 Å². The van der Waals surface area contributed by atoms with Crippen LogP contribution in [0.3, 0.4) is 0 Å². The standard InChI is InChI=1S/2C8H14N2O.C8H14N2/c1-6-9-7(10-11-6)5-8(2,3)4;1-6-9-7(11-10-6)5-8(2,3)4;1-8(2,3)4-7-5-9-6-10-7/h2*5H2,1-4H3;5H,4,6H2,1-3H3. The highest BCUT2D eigenvalue weighted by Crippen LogP contribution is 2.20. The quantitative estimate of drug-likeness (QED) is 0.587. The van der Waals surface area contributed by atoms with Crippen LogP contribution in [0.2, 0.25) is 0 Å². The molecule has 0 N–H and O–H groups in total. The molecule has 0 amide bonds. The van der Waals surface area contributed by atoms with Crippen molar-refractivity contribution in [1.29, 1.82) is 0 Å². The lowest BCUT2D eigenvalue weighted by atomic mass is 9.90. The van der Waals surface area contributed by atoms with Crippen LogP contribution in [0.25, 0.3) is 0 Å². The Bertz CT molecular complexity index is 821. The minimum Gasteiger partial charge on any atom is -0.340 e. The second-order valence-corrected chi connectivity index (χ2v) is 11.8. The van der Waals surface area contributed by atoms with Gasteiger partial charge in [0.2, 0.25) is 11.8 Å². The molecule has 180 valence electrons. The predicted octanol–water partition coefficient (Wildman–Crippen LogP) is 5.84. The van der Waals surface area contributed by atoms with Gasteiger partial charge in [-0.25, -0.2) is 0 Å². The molecule has 32 heavy (non-hydrogen) atoms. The summed E-state index contributed by atoms with van der Waals surface area (Å²) in [5.41, 5.74) is 1.94. The smallest absolute Gasteiger partial charge is 0.227 e. The van der Waals surface area contributed by atoms with Crippen molar-refractivity contribution in [2.24, 2.45) is 26.2 Å². The Hall–Kier alpha value is -2.38. The molecule has 2 aromatic rings. The van der Waals surface area contributed by atoms with E-state index in [4.69, 9.17) is 9.05 Å². The Labute approximate surface area is 193 Å². The Morgan fingerprint density at radius 1 is 0.750 bits per heavy atom. The molecule has 1 aliphatic heterocycles. The maximum absolute atomic E-state index is 4.98. The second-order valence-electron chi connectivity index (χ2n) is 11.8. The fraction of sp³-hybridized carbons (Fsp3) is 0.750. The maximum atomic E-state index is 4.98. The van der Waals surface area contributed by atoms with Crippen LogP contribution in [-0.4, -0.2) is 38.9 Å². The van der Waals surface area contributed by atoms with Crippen LogP contribution < -0.4 is 0 Å². The summed E-state index contributed by atoms with van der Waals surface area (Å²) in [5, 5.41) is 7.53. The zero-order valence-electron chi connectivity index (χ0n) is 21.9. The number of hydrogen-bond donors (Lipinski definition) is 0. The number of rotatable bonds is 3. The molecular formula is C24H42N6O2. The van der Waals surface area contributed by atoms with E-state index < -0.39 is 0 Å². The molecule has 0 saturated carbocycles. The SMILES string of the molecule is CC(C)(C)CC1=NCN=C1.Cc1nc(CC(C)(C)C)no1.Cc1noc(CC(C)(C)C)n1. The third-order valence-corrected chi connectivity index (χ3v) is 3.82. The van der Waals surface area contributed by atoms with Gasteiger partial charge in [0.15, 0.2) is 11.6 Å². The van der Waals surface area contributed by atoms with Crippen LogP contribution in [0.1, 0.15) is 92.2 Å². The molecule has 0 aromatic carbocycles. The van der Waals surface area contributed by atoms with Gasteiger partial charge in [0.1, 0.15) is 6.67 Å². The van der Waals surface area contributed by atoms with E-state index >= 15 is 0 Å². The first-order valence-electron chi connectivity index (χ1n) is 11.1. The molecule has 3 heterocycles. The van der Waals surface area contributed by atoms with Gasteiger partial charge in [-0.05, 0) is 29.6 Å². The Morgan fingerprint density at radius 2 is 1.34 bits per heavy atom. The first-order valence-corrected chi connectivity index (χ1v) is 11.1. The molecule has 0 bridgehead atoms. The zero-order chi connectivity index (χ0) is 24.6. The summed E-state index contributed by atoms with van der Waals surface area (Å²) in [4.78, 5) is 16.5. The third kappa shape index (κ3) is 13.8. The summed E-state index contributed by atoms with van der Waals surface area (Å²) in [6.07, 6.45) is 4.62. The van der Waals surface area contributed by atoms with E-state index in [1.165, 1.54) is 0 Å². The Morgan fingerprint density at radius 3 is 1.72 bits per heavy atom. The number of aliphatic imine (C=N–C) groups is 2. The van der Waals surface area contributed by atoms with E-state index in [1.807, 2.05) is 13.1 Å². The van der Waals surface area contributed by atoms with Gasteiger partial charge in [-0.2, -0.15) is 9.97 Å². The normalized spacial score (nSPS) is 13.8. The van der Waals surface area contributed by atoms with Crippen LogP contribution in [0.4, 0.5) is 0 Å². The van der Waals surface area contributed by atoms with Gasteiger partial charge >= 0.3 is 0 Å². The fourth-order valence-electron chi connectivity index (χ4n) is 2.72. The second kappa shape index (κ2) is 11.5. The lowest BCUT2D eigenvalue weighted by molar-refractivity contribution is 0.312. The summed E-state index contributed by atoms with van der Waals surface area (Å²) >= 11 is 0. The fourth-order valence-corrected chi connectivity index (χ4v) is 2.72. The van der Waals surface area contributed by atoms with E-state index in [9.17, 15) is 0 Å². The van der Waals surface area contributed by atoms with Crippen molar-refractivity contribution in [2.75, 3.05) is 6.67 Å². The van der Waals surface area contributed by atoms with Crippen molar-refractivity contribution in [3.63, 3.8) is 0 Å². The Balaban J connectivity index is 0.000000240. The van der Waals surface area contributed by atoms with E-state index in [0.717, 1.165) is 36.7 Å². The van der Waals surface area contributed by atoms with Crippen LogP contribution in [0.15, 0.2) is 19.0 Å². The first kappa shape index (κ1) is 27.7. The van der Waals surface area contributed by atoms with Gasteiger partial charge in [-0.15, -0.1) is 0 Å². The van der Waals surface area contributed by atoms with Gasteiger partial charge in [-0.3, -0.25) is 9.98 Å². The van der Waals surface area contributed by atoms with Crippen LogP contribution in [0.5, 0.6) is 0 Å². The van der Waals surface area contributed by atoms with Crippen molar-refractivity contribution in [3.8, 4) is 0 Å². The van der Waals surface area contributed by atoms with Gasteiger partial charge < -0.3 is 9.05 Å². The molecule has 1 aliphatic rings. The summed E-state index contributed by atoms with van der Waals surface area (Å²) in [6, 6.07) is 0. The highest BCUT2D eigenvalue weighted by atomic mass is 16.5. The molecule has 0 saturated heterocycles. The maximum Gasteiger partial charge on any atom is 0.227 e. The monoisotopic (exact) mass is 446 g/mol. The highest BCUT2D eigenvalue weighted by Gasteiger charge is 2.16. The van der Waals surface area contributed by atoms with E-state index in [0.29, 0.717) is 23.8 Å². The lowest BCUT2D eigenvalue weighted by Gasteiger charge is -2.16. The van der Waals surface area contributed by atoms with Gasteiger partial charge in [0.25, 0.3) is 0 Å². The first-order chi connectivity index (χ1) is 14.5. The lowest BCUT2D eigenvalue weighted by Crippen LogP contribution is -2.12. The van der Waals surface area contributed by atoms with Crippen molar-refractivity contribution in [3.05, 3.63) is 23.4 Å². The van der Waals surface area contributed by atoms with Crippen molar-refractivity contribution in [2.45, 2.75) is 95.4 Å². The zero-order valence-corrected chi connectivity index (χ0v) is 21.9. The van der Waals surface area contributed by atoms with Crippen LogP contribution >= 0.6 is 0 Å². The van der Waals surface area contributed by atoms with Crippen molar-refractivity contribution >= 4 is 11.9 Å². The highest BCUT2D eigenvalue weighted by molar-refractivity contribution is 6.31. The van der Waals surface area contributed by atoms with Crippen LogP contribution in [0, 0.1) is 30.1 Å². The molecule has 3 rings (SSSR count). The van der Waals surface area contributed by atoms with Gasteiger partial charge in [-0.1, -0.05) is 72.6 Å². The van der Waals surface area contributed by atoms with Crippen LogP contribution in [-0.2, 0) is 12.8 Å². The molecule has 0 radical (unpaired) electrons. The van der Waals surface area contributed by atoms with E-state index in [2.05, 4.69) is 92.6 Å². The average Bonchev–Trinajstić information content (AvgIpc) is 3.29. The molecule has 0 atom stereocenters. The minimum atomic E-state index is 0.221. The third-order valence-electron chi connectivity index (χ3n) is 3.82. The molecule has 8 nitrogen and oxygen atoms in total. The van der Waals surface area contributed by atoms with Crippen molar-refractivity contribution in [1.82, 2.24) is 20.3 Å². The molecule has 0 spiro atoms. The number of aromatic nitrogens is 4. The van der Waals surface area contributed by atoms with E-state index in [1.54, 1.807) is 6.92 Å². The molecule has 8 heteroatoms. The molecule has 0 fully saturated rings. The largest absolute Gasteiger partial charge is 0.340 e. The molecular weight excluding hydrogens is 404 g/mol. The molecule has 2 aromatic heterocycles. The Kier molecular flexibility index (Phi) is 9.92.